The highest BCUT2D eigenvalue weighted by Crippen LogP contribution is 2.09. The van der Waals surface area contributed by atoms with Crippen molar-refractivity contribution in [1.82, 2.24) is 5.32 Å². The van der Waals surface area contributed by atoms with Crippen molar-refractivity contribution in [3.8, 4) is 0 Å². The first kappa shape index (κ1) is 15.4. The Labute approximate surface area is 112 Å². The van der Waals surface area contributed by atoms with E-state index in [2.05, 4.69) is 24.2 Å². The van der Waals surface area contributed by atoms with Crippen LogP contribution >= 0.6 is 0 Å². The fourth-order valence-corrected chi connectivity index (χ4v) is 1.55. The molecule has 0 amide bonds. The van der Waals surface area contributed by atoms with E-state index in [1.54, 1.807) is 0 Å². The Bertz CT molecular complexity index is 431. The minimum absolute atomic E-state index is 0.364. The zero-order chi connectivity index (χ0) is 14.3. The first-order valence-corrected chi connectivity index (χ1v) is 6.46. The fraction of sp³-hybridized carbons (Fsp3) is 0.500. The van der Waals surface area contributed by atoms with Crippen molar-refractivity contribution < 1.29 is 8.78 Å². The Hall–Kier alpha value is -1.65. The third-order valence-electron chi connectivity index (χ3n) is 2.70. The van der Waals surface area contributed by atoms with Gasteiger partial charge in [0.1, 0.15) is 11.6 Å². The van der Waals surface area contributed by atoms with Crippen LogP contribution in [0.5, 0.6) is 0 Å². The molecule has 1 rings (SSSR count). The molecule has 0 fully saturated rings. The number of nitrogens with zero attached hydrogens (tertiary/aromatic N) is 1. The van der Waals surface area contributed by atoms with Gasteiger partial charge in [-0.1, -0.05) is 19.9 Å². The fourth-order valence-electron chi connectivity index (χ4n) is 1.55. The molecule has 0 bridgehead atoms. The summed E-state index contributed by atoms with van der Waals surface area (Å²) in [5.41, 5.74) is 6.13. The monoisotopic (exact) mass is 269 g/mol. The summed E-state index contributed by atoms with van der Waals surface area (Å²) in [5.74, 6) is -0.144. The minimum atomic E-state index is -0.566. The second-order valence-corrected chi connectivity index (χ2v) is 4.86. The van der Waals surface area contributed by atoms with E-state index in [1.807, 2.05) is 0 Å². The molecule has 0 radical (unpaired) electrons. The Morgan fingerprint density at radius 2 is 2.11 bits per heavy atom. The number of benzene rings is 1. The maximum atomic E-state index is 13.3. The number of halogens is 2. The topological polar surface area (TPSA) is 50.4 Å². The van der Waals surface area contributed by atoms with Gasteiger partial charge in [-0.15, -0.1) is 0 Å². The van der Waals surface area contributed by atoms with Crippen LogP contribution in [0.15, 0.2) is 23.2 Å². The van der Waals surface area contributed by atoms with E-state index >= 15 is 0 Å². The number of nitrogens with two attached hydrogens (primary N) is 1. The lowest BCUT2D eigenvalue weighted by Crippen LogP contribution is -2.33. The second-order valence-electron chi connectivity index (χ2n) is 4.86. The summed E-state index contributed by atoms with van der Waals surface area (Å²) < 4.78 is 26.0. The summed E-state index contributed by atoms with van der Waals surface area (Å²) in [6.07, 6.45) is 1.42. The van der Waals surface area contributed by atoms with Crippen molar-refractivity contribution in [3.63, 3.8) is 0 Å². The molecule has 0 heterocycles. The molecular weight excluding hydrogens is 248 g/mol. The Morgan fingerprint density at radius 3 is 2.74 bits per heavy atom. The normalized spacial score (nSPS) is 11.9. The van der Waals surface area contributed by atoms with Gasteiger partial charge in [-0.2, -0.15) is 0 Å². The molecule has 0 unspecified atom stereocenters. The lowest BCUT2D eigenvalue weighted by molar-refractivity contribution is 0.570. The summed E-state index contributed by atoms with van der Waals surface area (Å²) in [6.45, 7) is 5.40. The third-order valence-corrected chi connectivity index (χ3v) is 2.70. The van der Waals surface area contributed by atoms with Crippen LogP contribution in [-0.2, 0) is 6.42 Å². The lowest BCUT2D eigenvalue weighted by atomic mass is 10.1. The zero-order valence-electron chi connectivity index (χ0n) is 11.4. The third kappa shape index (κ3) is 6.18. The van der Waals surface area contributed by atoms with Crippen molar-refractivity contribution >= 4 is 5.96 Å². The van der Waals surface area contributed by atoms with Crippen molar-refractivity contribution in [1.29, 1.82) is 0 Å². The van der Waals surface area contributed by atoms with E-state index in [9.17, 15) is 8.78 Å². The summed E-state index contributed by atoms with van der Waals surface area (Å²) >= 11 is 0. The number of hydrogen-bond acceptors (Lipinski definition) is 1. The molecule has 0 saturated heterocycles. The van der Waals surface area contributed by atoms with Gasteiger partial charge in [0.05, 0.1) is 0 Å². The molecule has 0 aliphatic rings. The molecule has 1 aromatic carbocycles. The van der Waals surface area contributed by atoms with E-state index in [-0.39, 0.29) is 0 Å². The van der Waals surface area contributed by atoms with Gasteiger partial charge in [0.2, 0.25) is 0 Å². The second kappa shape index (κ2) is 7.71. The summed E-state index contributed by atoms with van der Waals surface area (Å²) in [5, 5.41) is 2.91. The van der Waals surface area contributed by atoms with Gasteiger partial charge in [-0.05, 0) is 30.4 Å². The number of guanidine groups is 1. The first-order chi connectivity index (χ1) is 8.99. The van der Waals surface area contributed by atoms with Gasteiger partial charge in [0, 0.05) is 19.2 Å². The number of aliphatic imine (C=N–C) groups is 1. The molecule has 0 aliphatic heterocycles. The Balaban J connectivity index is 2.33. The van der Waals surface area contributed by atoms with Crippen LogP contribution < -0.4 is 11.1 Å². The van der Waals surface area contributed by atoms with Crippen molar-refractivity contribution in [2.24, 2.45) is 16.6 Å². The standard InChI is InChI=1S/C14H21F2N3/c1-10(2)5-7-18-14(17)19-8-6-11-3-4-12(15)9-13(11)16/h3-4,9-10H,5-8H2,1-2H3,(H3,17,18,19). The minimum Gasteiger partial charge on any atom is -0.370 e. The average molecular weight is 269 g/mol. The van der Waals surface area contributed by atoms with Gasteiger partial charge in [-0.3, -0.25) is 4.99 Å². The molecule has 3 N–H and O–H groups in total. The maximum Gasteiger partial charge on any atom is 0.188 e. The summed E-state index contributed by atoms with van der Waals surface area (Å²) in [6, 6.07) is 3.58. The summed E-state index contributed by atoms with van der Waals surface area (Å²) in [4.78, 5) is 4.16. The predicted octanol–water partition coefficient (Wildman–Crippen LogP) is 2.46. The molecule has 5 heteroatoms. The molecule has 106 valence electrons. The van der Waals surface area contributed by atoms with E-state index in [1.165, 1.54) is 12.1 Å². The lowest BCUT2D eigenvalue weighted by Gasteiger charge is -2.07. The molecule has 19 heavy (non-hydrogen) atoms. The number of rotatable bonds is 6. The highest BCUT2D eigenvalue weighted by atomic mass is 19.1. The molecule has 0 spiro atoms. The maximum absolute atomic E-state index is 13.3. The molecule has 0 saturated carbocycles. The summed E-state index contributed by atoms with van der Waals surface area (Å²) in [7, 11) is 0. The largest absolute Gasteiger partial charge is 0.370 e. The van der Waals surface area contributed by atoms with Gasteiger partial charge < -0.3 is 11.1 Å². The average Bonchev–Trinajstić information content (AvgIpc) is 2.31. The van der Waals surface area contributed by atoms with Crippen LogP contribution in [0.3, 0.4) is 0 Å². The smallest absolute Gasteiger partial charge is 0.188 e. The SMILES string of the molecule is CC(C)CCN=C(N)NCCc1ccc(F)cc1F. The van der Waals surface area contributed by atoms with Gasteiger partial charge in [0.25, 0.3) is 0 Å². The number of hydrogen-bond donors (Lipinski definition) is 2. The van der Waals surface area contributed by atoms with Crippen LogP contribution in [0, 0.1) is 17.6 Å². The molecule has 0 aromatic heterocycles. The van der Waals surface area contributed by atoms with E-state index in [0.717, 1.165) is 12.5 Å². The predicted molar refractivity (Wildman–Crippen MR) is 74.0 cm³/mol. The van der Waals surface area contributed by atoms with Crippen molar-refractivity contribution in [2.75, 3.05) is 13.1 Å². The number of nitrogens with one attached hydrogen (secondary N) is 1. The van der Waals surface area contributed by atoms with Crippen molar-refractivity contribution in [2.45, 2.75) is 26.7 Å². The highest BCUT2D eigenvalue weighted by molar-refractivity contribution is 5.77. The Morgan fingerprint density at radius 1 is 1.37 bits per heavy atom. The van der Waals surface area contributed by atoms with Gasteiger partial charge >= 0.3 is 0 Å². The van der Waals surface area contributed by atoms with Crippen LogP contribution in [0.4, 0.5) is 8.78 Å². The molecule has 0 aliphatic carbocycles. The highest BCUT2D eigenvalue weighted by Gasteiger charge is 2.03. The van der Waals surface area contributed by atoms with Crippen molar-refractivity contribution in [3.05, 3.63) is 35.4 Å². The van der Waals surface area contributed by atoms with Gasteiger partial charge in [0.15, 0.2) is 5.96 Å². The quantitative estimate of drug-likeness (QED) is 0.615. The molecule has 1 aromatic rings. The molecule has 3 nitrogen and oxygen atoms in total. The van der Waals surface area contributed by atoms with Crippen LogP contribution in [0.1, 0.15) is 25.8 Å². The van der Waals surface area contributed by atoms with Crippen LogP contribution in [0.25, 0.3) is 0 Å². The first-order valence-electron chi connectivity index (χ1n) is 6.46. The zero-order valence-corrected chi connectivity index (χ0v) is 11.4. The van der Waals surface area contributed by atoms with Crippen LogP contribution in [-0.4, -0.2) is 19.0 Å². The van der Waals surface area contributed by atoms with Gasteiger partial charge in [-0.25, -0.2) is 8.78 Å². The van der Waals surface area contributed by atoms with Crippen LogP contribution in [0.2, 0.25) is 0 Å². The van der Waals surface area contributed by atoms with E-state index < -0.39 is 11.6 Å². The molecular formula is C14H21F2N3. The molecule has 0 atom stereocenters. The van der Waals surface area contributed by atoms with E-state index in [0.29, 0.717) is 37.0 Å². The van der Waals surface area contributed by atoms with E-state index in [4.69, 9.17) is 5.73 Å². The Kier molecular flexibility index (Phi) is 6.25.